The summed E-state index contributed by atoms with van der Waals surface area (Å²) in [6, 6.07) is 50.8. The van der Waals surface area contributed by atoms with Crippen molar-refractivity contribution < 1.29 is 38.7 Å². The van der Waals surface area contributed by atoms with Crippen molar-refractivity contribution in [2.45, 2.75) is 105 Å². The van der Waals surface area contributed by atoms with Gasteiger partial charge in [-0.25, -0.2) is 0 Å². The van der Waals surface area contributed by atoms with E-state index in [2.05, 4.69) is 96.2 Å². The van der Waals surface area contributed by atoms with Gasteiger partial charge in [0.05, 0.1) is 5.69 Å². The molecule has 0 saturated heterocycles. The fourth-order valence-corrected chi connectivity index (χ4v) is 9.60. The molecule has 8 aromatic rings. The molecular weight excluding hydrogens is 1000 g/mol. The van der Waals surface area contributed by atoms with Crippen LogP contribution in [0, 0.1) is 20.8 Å². The molecule has 6 N–H and O–H groups in total. The van der Waals surface area contributed by atoms with Gasteiger partial charge in [-0.2, -0.15) is 0 Å². The highest BCUT2D eigenvalue weighted by molar-refractivity contribution is 5.73. The van der Waals surface area contributed by atoms with E-state index in [4.69, 9.17) is 35.4 Å². The standard InChI is InChI=1S/C66H72N6O8/c1-46-12-8-15-50(30-46)42-77-61-20-6-5-19-56(61)39-72(29-25-59(68)66(75)76)41-60-64(22-11-26-70-60)80-44-52-17-10-14-49(34-52)35-53-32-48(3)33-54(36-53)45-79-62-21-7-4-18-55(62)38-71(28-24-58(67)65(73)74)40-57-37-69-27-23-63(57)78-43-51-16-9-13-47(2)31-51/h4-23,26-27,30-34,36-37,58-59H,24-25,28-29,35,38-45,67-68H2,1-3H3,(H,73,74)(H,75,76)/t58-,59-/m0/s1. The number of aryl methyl sites for hydroxylation is 3. The van der Waals surface area contributed by atoms with Crippen LogP contribution in [0.3, 0.4) is 0 Å². The first kappa shape index (κ1) is 57.8. The van der Waals surface area contributed by atoms with E-state index in [1.54, 1.807) is 18.6 Å². The summed E-state index contributed by atoms with van der Waals surface area (Å²) in [5.74, 6) is 0.743. The molecule has 0 saturated carbocycles. The Labute approximate surface area is 469 Å². The SMILES string of the molecule is Cc1cccc(COc2ccncc2CN(CC[C@H](N)C(=O)O)Cc2ccccc2OCc2cc(C)cc(Cc3cccc(COc4cccnc4CN(CC[C@H](N)C(=O)O)Cc4ccccc4OCc4cccc(C)c4)c3)c2)c1. The van der Waals surface area contributed by atoms with Crippen molar-refractivity contribution in [2.24, 2.45) is 11.5 Å². The molecule has 2 atom stereocenters. The lowest BCUT2D eigenvalue weighted by Gasteiger charge is -2.25. The van der Waals surface area contributed by atoms with Crippen LogP contribution < -0.4 is 30.4 Å². The lowest BCUT2D eigenvalue weighted by Crippen LogP contribution is -2.35. The van der Waals surface area contributed by atoms with Crippen molar-refractivity contribution in [3.05, 3.63) is 249 Å². The molecule has 0 spiro atoms. The monoisotopic (exact) mass is 1080 g/mol. The summed E-state index contributed by atoms with van der Waals surface area (Å²) in [4.78, 5) is 37.0. The van der Waals surface area contributed by atoms with Gasteiger partial charge < -0.3 is 40.6 Å². The van der Waals surface area contributed by atoms with Crippen LogP contribution in [0.25, 0.3) is 0 Å². The minimum Gasteiger partial charge on any atom is -0.489 e. The number of para-hydroxylation sites is 2. The van der Waals surface area contributed by atoms with Gasteiger partial charge in [0.2, 0.25) is 0 Å². The maximum atomic E-state index is 11.8. The minimum atomic E-state index is -1.04. The quantitative estimate of drug-likeness (QED) is 0.0332. The average Bonchev–Trinajstić information content (AvgIpc) is 3.45. The van der Waals surface area contributed by atoms with Crippen LogP contribution in [-0.4, -0.2) is 67.1 Å². The zero-order chi connectivity index (χ0) is 56.2. The largest absolute Gasteiger partial charge is 0.489 e. The first-order valence-corrected chi connectivity index (χ1v) is 27.0. The van der Waals surface area contributed by atoms with Gasteiger partial charge >= 0.3 is 11.9 Å². The molecular formula is C66H72N6O8. The Hall–Kier alpha value is -8.40. The molecule has 2 aromatic heterocycles. The highest BCUT2D eigenvalue weighted by atomic mass is 16.5. The van der Waals surface area contributed by atoms with Crippen LogP contribution in [0.15, 0.2) is 176 Å². The molecule has 0 aliphatic rings. The van der Waals surface area contributed by atoms with E-state index >= 15 is 0 Å². The fraction of sp³-hybridized carbons (Fsp3) is 0.273. The van der Waals surface area contributed by atoms with E-state index in [-0.39, 0.29) is 12.8 Å². The van der Waals surface area contributed by atoms with Crippen LogP contribution in [0.4, 0.5) is 0 Å². The Balaban J connectivity index is 0.908. The normalized spacial score (nSPS) is 12.0. The molecule has 80 heavy (non-hydrogen) atoms. The van der Waals surface area contributed by atoms with Crippen LogP contribution in [0.2, 0.25) is 0 Å². The first-order valence-electron chi connectivity index (χ1n) is 27.0. The number of pyridine rings is 2. The van der Waals surface area contributed by atoms with E-state index in [0.29, 0.717) is 83.6 Å². The first-order chi connectivity index (χ1) is 38.8. The van der Waals surface area contributed by atoms with Crippen molar-refractivity contribution >= 4 is 11.9 Å². The topological polar surface area (TPSA) is 196 Å². The number of carbonyl (C=O) groups is 2. The van der Waals surface area contributed by atoms with Gasteiger partial charge in [-0.05, 0) is 104 Å². The summed E-state index contributed by atoms with van der Waals surface area (Å²) >= 11 is 0. The van der Waals surface area contributed by atoms with E-state index < -0.39 is 24.0 Å². The number of nitrogens with zero attached hydrogens (tertiary/aromatic N) is 4. The zero-order valence-electron chi connectivity index (χ0n) is 45.9. The second kappa shape index (κ2) is 29.0. The fourth-order valence-electron chi connectivity index (χ4n) is 9.60. The highest BCUT2D eigenvalue weighted by Crippen LogP contribution is 2.28. The van der Waals surface area contributed by atoms with Crippen LogP contribution in [0.1, 0.15) is 85.3 Å². The molecule has 0 bridgehead atoms. The number of ether oxygens (including phenoxy) is 4. The Kier molecular flexibility index (Phi) is 20.9. The smallest absolute Gasteiger partial charge is 0.320 e. The molecule has 6 aromatic carbocycles. The molecule has 2 heterocycles. The molecule has 0 radical (unpaired) electrons. The van der Waals surface area contributed by atoms with Gasteiger partial charge in [-0.3, -0.25) is 29.4 Å². The van der Waals surface area contributed by atoms with Gasteiger partial charge in [0.25, 0.3) is 0 Å². The predicted octanol–water partition coefficient (Wildman–Crippen LogP) is 10.9. The molecule has 0 aliphatic carbocycles. The Morgan fingerprint density at radius 2 is 0.912 bits per heavy atom. The van der Waals surface area contributed by atoms with Gasteiger partial charge in [0.1, 0.15) is 61.5 Å². The second-order valence-corrected chi connectivity index (χ2v) is 20.5. The number of nitrogens with two attached hydrogens (primary N) is 2. The molecule has 14 heteroatoms. The summed E-state index contributed by atoms with van der Waals surface area (Å²) < 4.78 is 25.8. The molecule has 0 fully saturated rings. The maximum Gasteiger partial charge on any atom is 0.320 e. The van der Waals surface area contributed by atoms with Gasteiger partial charge in [0, 0.05) is 74.5 Å². The predicted molar refractivity (Wildman–Crippen MR) is 310 cm³/mol. The second-order valence-electron chi connectivity index (χ2n) is 20.5. The number of carboxylic acids is 2. The van der Waals surface area contributed by atoms with E-state index in [1.807, 2.05) is 97.1 Å². The molecule has 8 rings (SSSR count). The van der Waals surface area contributed by atoms with E-state index in [1.165, 1.54) is 0 Å². The van der Waals surface area contributed by atoms with Crippen molar-refractivity contribution in [1.82, 2.24) is 19.8 Å². The number of carboxylic acid groups (broad SMARTS) is 2. The number of aliphatic carboxylic acids is 2. The highest BCUT2D eigenvalue weighted by Gasteiger charge is 2.21. The van der Waals surface area contributed by atoms with E-state index in [0.717, 1.165) is 84.0 Å². The van der Waals surface area contributed by atoms with Gasteiger partial charge in [0.15, 0.2) is 0 Å². The number of aromatic nitrogens is 2. The summed E-state index contributed by atoms with van der Waals surface area (Å²) in [6.45, 7) is 10.3. The lowest BCUT2D eigenvalue weighted by molar-refractivity contribution is -0.139. The van der Waals surface area contributed by atoms with Crippen molar-refractivity contribution in [1.29, 1.82) is 0 Å². The van der Waals surface area contributed by atoms with Crippen LogP contribution >= 0.6 is 0 Å². The van der Waals surface area contributed by atoms with Crippen molar-refractivity contribution in [3.8, 4) is 23.0 Å². The molecule has 0 unspecified atom stereocenters. The van der Waals surface area contributed by atoms with Crippen LogP contribution in [0.5, 0.6) is 23.0 Å². The maximum absolute atomic E-state index is 11.8. The molecule has 0 amide bonds. The summed E-state index contributed by atoms with van der Waals surface area (Å²) in [5.41, 5.74) is 25.4. The van der Waals surface area contributed by atoms with Crippen LogP contribution in [-0.2, 0) is 68.6 Å². The lowest BCUT2D eigenvalue weighted by atomic mass is 9.99. The van der Waals surface area contributed by atoms with Crippen molar-refractivity contribution in [3.63, 3.8) is 0 Å². The third-order valence-electron chi connectivity index (χ3n) is 13.7. The number of rotatable bonds is 30. The van der Waals surface area contributed by atoms with Crippen molar-refractivity contribution in [2.75, 3.05) is 13.1 Å². The molecule has 0 aliphatic heterocycles. The number of benzene rings is 6. The number of hydrogen-bond donors (Lipinski definition) is 4. The summed E-state index contributed by atoms with van der Waals surface area (Å²) in [5, 5.41) is 19.3. The summed E-state index contributed by atoms with van der Waals surface area (Å²) in [7, 11) is 0. The zero-order valence-corrected chi connectivity index (χ0v) is 45.9. The average molecular weight is 1080 g/mol. The third-order valence-corrected chi connectivity index (χ3v) is 13.7. The molecule has 414 valence electrons. The summed E-state index contributed by atoms with van der Waals surface area (Å²) in [6.07, 6.45) is 6.44. The van der Waals surface area contributed by atoms with Gasteiger partial charge in [-0.1, -0.05) is 144 Å². The Morgan fingerprint density at radius 3 is 1.50 bits per heavy atom. The van der Waals surface area contributed by atoms with E-state index in [9.17, 15) is 19.8 Å². The third kappa shape index (κ3) is 17.8. The number of hydrogen-bond acceptors (Lipinski definition) is 12. The Bertz CT molecular complexity index is 3320. The van der Waals surface area contributed by atoms with Gasteiger partial charge in [-0.15, -0.1) is 0 Å². The minimum absolute atomic E-state index is 0.247. The Morgan fingerprint density at radius 1 is 0.463 bits per heavy atom. The molecule has 14 nitrogen and oxygen atoms in total.